The second-order valence-electron chi connectivity index (χ2n) is 7.49. The summed E-state index contributed by atoms with van der Waals surface area (Å²) in [7, 11) is 3.48. The lowest BCUT2D eigenvalue weighted by molar-refractivity contribution is -0.148. The van der Waals surface area contributed by atoms with Crippen LogP contribution in [0.3, 0.4) is 0 Å². The molecule has 1 unspecified atom stereocenters. The van der Waals surface area contributed by atoms with Crippen LogP contribution < -0.4 is 10.6 Å². The molecule has 1 aromatic heterocycles. The van der Waals surface area contributed by atoms with E-state index < -0.39 is 11.9 Å². The van der Waals surface area contributed by atoms with E-state index in [1.807, 2.05) is 19.1 Å². The Balaban J connectivity index is 1.35. The second kappa shape index (κ2) is 8.32. The Bertz CT molecular complexity index is 1100. The maximum Gasteiger partial charge on any atom is 0.319 e. The quantitative estimate of drug-likeness (QED) is 0.685. The Morgan fingerprint density at radius 3 is 2.77 bits per heavy atom. The highest BCUT2D eigenvalue weighted by Crippen LogP contribution is 2.34. The van der Waals surface area contributed by atoms with Crippen LogP contribution in [0, 0.1) is 14.0 Å². The second-order valence-corrected chi connectivity index (χ2v) is 9.03. The Labute approximate surface area is 188 Å². The van der Waals surface area contributed by atoms with Gasteiger partial charge >= 0.3 is 6.03 Å². The fourth-order valence-corrected chi connectivity index (χ4v) is 4.88. The van der Waals surface area contributed by atoms with Gasteiger partial charge in [-0.05, 0) is 42.7 Å². The number of benzene rings is 1. The third-order valence-corrected chi connectivity index (χ3v) is 6.94. The number of urea groups is 1. The first kappa shape index (κ1) is 21.3. The first-order chi connectivity index (χ1) is 14.7. The molecule has 10 heteroatoms. The molecule has 4 rings (SSSR count). The van der Waals surface area contributed by atoms with Crippen molar-refractivity contribution in [2.45, 2.75) is 38.9 Å². The Kier molecular flexibility index (Phi) is 5.72. The Morgan fingerprint density at radius 2 is 2.06 bits per heavy atom. The zero-order chi connectivity index (χ0) is 22.3. The summed E-state index contributed by atoms with van der Waals surface area (Å²) in [6, 6.07) is 6.07. The standard InChI is InChI=1S/C21H20ClN4O4S/c1-11-3-4-13(8-15(11)22)24-21(30)23-9-14-7-12-10-26(20(29)18(12)31-14)16-5-6-17(27)25(2)19(16)28/h3-4,7-8,16H,2,5-6,9-10H2,1H3,(H2,23,24,30). The highest BCUT2D eigenvalue weighted by atomic mass is 35.5. The van der Waals surface area contributed by atoms with Gasteiger partial charge in [-0.25, -0.2) is 4.79 Å². The molecular formula is C21H20ClN4O4S. The monoisotopic (exact) mass is 459 g/mol. The van der Waals surface area contributed by atoms with Gasteiger partial charge in [0.05, 0.1) is 11.4 Å². The van der Waals surface area contributed by atoms with Crippen LogP contribution in [0.5, 0.6) is 0 Å². The first-order valence-electron chi connectivity index (χ1n) is 9.65. The molecule has 2 aromatic rings. The van der Waals surface area contributed by atoms with Crippen LogP contribution in [-0.2, 0) is 22.7 Å². The fraction of sp³-hybridized carbons (Fsp3) is 0.286. The van der Waals surface area contributed by atoms with Crippen LogP contribution in [0.1, 0.15) is 38.5 Å². The number of anilines is 1. The van der Waals surface area contributed by atoms with E-state index in [-0.39, 0.29) is 30.8 Å². The molecule has 1 saturated heterocycles. The molecule has 2 aliphatic heterocycles. The zero-order valence-corrected chi connectivity index (χ0v) is 18.3. The van der Waals surface area contributed by atoms with Gasteiger partial charge in [0, 0.05) is 35.6 Å². The van der Waals surface area contributed by atoms with Crippen LogP contribution in [-0.4, -0.2) is 39.6 Å². The molecule has 5 amide bonds. The average molecular weight is 460 g/mol. The van der Waals surface area contributed by atoms with Crippen molar-refractivity contribution in [2.75, 3.05) is 5.32 Å². The first-order valence-corrected chi connectivity index (χ1v) is 10.8. The number of piperidine rings is 1. The minimum absolute atomic E-state index is 0.188. The summed E-state index contributed by atoms with van der Waals surface area (Å²) in [5.74, 6) is -1.01. The van der Waals surface area contributed by atoms with Crippen molar-refractivity contribution < 1.29 is 19.2 Å². The van der Waals surface area contributed by atoms with Gasteiger partial charge < -0.3 is 15.5 Å². The molecular weight excluding hydrogens is 440 g/mol. The number of hydrogen-bond acceptors (Lipinski definition) is 5. The molecule has 31 heavy (non-hydrogen) atoms. The summed E-state index contributed by atoms with van der Waals surface area (Å²) in [5.41, 5.74) is 2.32. The van der Waals surface area contributed by atoms with E-state index in [9.17, 15) is 19.2 Å². The molecule has 1 aromatic carbocycles. The van der Waals surface area contributed by atoms with Gasteiger partial charge in [0.1, 0.15) is 6.04 Å². The maximum atomic E-state index is 12.8. The van der Waals surface area contributed by atoms with Crippen molar-refractivity contribution in [2.24, 2.45) is 0 Å². The molecule has 0 spiro atoms. The molecule has 3 heterocycles. The van der Waals surface area contributed by atoms with E-state index in [0.717, 1.165) is 20.9 Å². The Morgan fingerprint density at radius 1 is 1.29 bits per heavy atom. The zero-order valence-electron chi connectivity index (χ0n) is 16.7. The molecule has 1 radical (unpaired) electrons. The van der Waals surface area contributed by atoms with Gasteiger partial charge in [-0.2, -0.15) is 0 Å². The number of nitrogens with zero attached hydrogens (tertiary/aromatic N) is 2. The van der Waals surface area contributed by atoms with Crippen LogP contribution in [0.2, 0.25) is 5.02 Å². The van der Waals surface area contributed by atoms with E-state index >= 15 is 0 Å². The highest BCUT2D eigenvalue weighted by Gasteiger charge is 2.42. The fourth-order valence-electron chi connectivity index (χ4n) is 3.63. The van der Waals surface area contributed by atoms with Gasteiger partial charge in [-0.15, -0.1) is 11.3 Å². The summed E-state index contributed by atoms with van der Waals surface area (Å²) in [6.07, 6.45) is 0.496. The summed E-state index contributed by atoms with van der Waals surface area (Å²) in [6.45, 7) is 2.44. The molecule has 2 N–H and O–H groups in total. The molecule has 2 aliphatic rings. The van der Waals surface area contributed by atoms with Crippen LogP contribution in [0.15, 0.2) is 24.3 Å². The number of hydrogen-bond donors (Lipinski definition) is 2. The lowest BCUT2D eigenvalue weighted by Crippen LogP contribution is -2.52. The van der Waals surface area contributed by atoms with Gasteiger partial charge in [0.25, 0.3) is 11.8 Å². The highest BCUT2D eigenvalue weighted by molar-refractivity contribution is 7.14. The molecule has 0 bridgehead atoms. The normalized spacial score (nSPS) is 18.4. The largest absolute Gasteiger partial charge is 0.333 e. The third-order valence-electron chi connectivity index (χ3n) is 5.37. The number of rotatable bonds is 4. The van der Waals surface area contributed by atoms with Gasteiger partial charge in [0.2, 0.25) is 5.91 Å². The van der Waals surface area contributed by atoms with E-state index in [1.54, 1.807) is 12.1 Å². The van der Waals surface area contributed by atoms with E-state index in [4.69, 9.17) is 11.6 Å². The van der Waals surface area contributed by atoms with E-state index in [0.29, 0.717) is 28.6 Å². The predicted molar refractivity (Wildman–Crippen MR) is 116 cm³/mol. The van der Waals surface area contributed by atoms with Crippen molar-refractivity contribution in [3.63, 3.8) is 0 Å². The molecule has 8 nitrogen and oxygen atoms in total. The SMILES string of the molecule is [CH2]N1C(=O)CCC(N2Cc3cc(CNC(=O)Nc4ccc(C)c(Cl)c4)sc3C2=O)C1=O. The number of carbonyl (C=O) groups is 4. The number of fused-ring (bicyclic) bond motifs is 1. The van der Waals surface area contributed by atoms with E-state index in [2.05, 4.69) is 17.7 Å². The van der Waals surface area contributed by atoms with Crippen LogP contribution in [0.25, 0.3) is 0 Å². The Hall–Kier alpha value is -2.91. The number of aryl methyl sites for hydroxylation is 1. The number of likely N-dealkylation sites (tertiary alicyclic amines) is 1. The smallest absolute Gasteiger partial charge is 0.319 e. The van der Waals surface area contributed by atoms with Gasteiger partial charge in [-0.1, -0.05) is 17.7 Å². The van der Waals surface area contributed by atoms with E-state index in [1.165, 1.54) is 16.2 Å². The summed E-state index contributed by atoms with van der Waals surface area (Å²) in [4.78, 5) is 52.7. The molecule has 1 atom stereocenters. The number of imide groups is 1. The average Bonchev–Trinajstić information content (AvgIpc) is 3.26. The van der Waals surface area contributed by atoms with Gasteiger partial charge in [0.15, 0.2) is 0 Å². The van der Waals surface area contributed by atoms with Crippen molar-refractivity contribution in [3.8, 4) is 0 Å². The molecule has 161 valence electrons. The van der Waals surface area contributed by atoms with Crippen molar-refractivity contribution >= 4 is 52.4 Å². The molecule has 0 saturated carbocycles. The lowest BCUT2D eigenvalue weighted by Gasteiger charge is -2.33. The topological polar surface area (TPSA) is 98.8 Å². The minimum atomic E-state index is -0.670. The van der Waals surface area contributed by atoms with Crippen LogP contribution in [0.4, 0.5) is 10.5 Å². The number of amides is 5. The number of carbonyl (C=O) groups excluding carboxylic acids is 4. The van der Waals surface area contributed by atoms with Crippen molar-refractivity contribution in [1.82, 2.24) is 15.1 Å². The maximum absolute atomic E-state index is 12.8. The number of halogens is 1. The lowest BCUT2D eigenvalue weighted by atomic mass is 10.0. The predicted octanol–water partition coefficient (Wildman–Crippen LogP) is 3.30. The minimum Gasteiger partial charge on any atom is -0.333 e. The molecule has 0 aliphatic carbocycles. The number of thiophene rings is 1. The summed E-state index contributed by atoms with van der Waals surface area (Å²) >= 11 is 7.36. The summed E-state index contributed by atoms with van der Waals surface area (Å²) < 4.78 is 0. The van der Waals surface area contributed by atoms with Crippen molar-refractivity contribution in [3.05, 3.63) is 57.2 Å². The molecule has 1 fully saturated rings. The third kappa shape index (κ3) is 4.15. The summed E-state index contributed by atoms with van der Waals surface area (Å²) in [5, 5.41) is 6.05. The number of nitrogens with one attached hydrogen (secondary N) is 2. The van der Waals surface area contributed by atoms with Crippen LogP contribution >= 0.6 is 22.9 Å². The van der Waals surface area contributed by atoms with Gasteiger partial charge in [-0.3, -0.25) is 19.3 Å². The van der Waals surface area contributed by atoms with Crippen molar-refractivity contribution in [1.29, 1.82) is 0 Å².